The molecule has 2 aliphatic rings. The van der Waals surface area contributed by atoms with E-state index in [0.717, 1.165) is 94.0 Å². The van der Waals surface area contributed by atoms with Gasteiger partial charge < -0.3 is 23.4 Å². The van der Waals surface area contributed by atoms with E-state index in [9.17, 15) is 11.0 Å². The number of para-hydroxylation sites is 4. The van der Waals surface area contributed by atoms with Crippen molar-refractivity contribution in [3.8, 4) is 33.6 Å². The van der Waals surface area contributed by atoms with Gasteiger partial charge in [0.15, 0.2) is 11.2 Å². The van der Waals surface area contributed by atoms with Crippen LogP contribution in [0.15, 0.2) is 247 Å². The molecule has 0 saturated carbocycles. The highest BCUT2D eigenvalue weighted by Crippen LogP contribution is 2.52. The van der Waals surface area contributed by atoms with Crippen molar-refractivity contribution in [1.29, 1.82) is 0 Å². The number of aromatic nitrogens is 2. The number of hydrogen-bond acceptors (Lipinski definition) is 3. The van der Waals surface area contributed by atoms with Gasteiger partial charge in [-0.25, -0.2) is 0 Å². The Hall–Kier alpha value is -10.3. The lowest BCUT2D eigenvalue weighted by Crippen LogP contribution is -2.61. The highest BCUT2D eigenvalue weighted by atomic mass is 16.3. The number of benzene rings is 12. The van der Waals surface area contributed by atoms with Crippen molar-refractivity contribution < 1.29 is 22.2 Å². The Morgan fingerprint density at radius 3 is 1.35 bits per heavy atom. The summed E-state index contributed by atoms with van der Waals surface area (Å²) in [5, 5.41) is 3.86. The molecule has 6 heteroatoms. The van der Waals surface area contributed by atoms with Crippen molar-refractivity contribution in [3.63, 3.8) is 0 Å². The maximum absolute atomic E-state index is 9.75. The Bertz CT molecular complexity index is 6430. The van der Waals surface area contributed by atoms with E-state index >= 15 is 0 Å². The molecule has 0 N–H and O–H groups in total. The van der Waals surface area contributed by atoms with E-state index in [0.29, 0.717) is 39.5 Å². The number of rotatable bonds is 6. The van der Waals surface area contributed by atoms with Crippen LogP contribution in [0.25, 0.3) is 99.2 Å². The van der Waals surface area contributed by atoms with Gasteiger partial charge in [0.05, 0.1) is 56.9 Å². The van der Waals surface area contributed by atoms with E-state index < -0.39 is 78.6 Å². The van der Waals surface area contributed by atoms with E-state index in [1.54, 1.807) is 4.57 Å². The molecule has 15 aromatic rings. The second-order valence-electron chi connectivity index (χ2n) is 32.1. The summed E-state index contributed by atoms with van der Waals surface area (Å²) in [6.07, 6.45) is 0. The molecule has 0 bridgehead atoms. The zero-order valence-electron chi connectivity index (χ0n) is 71.4. The summed E-state index contributed by atoms with van der Waals surface area (Å²) in [6.45, 7) is 32.6. The van der Waals surface area contributed by atoms with Crippen LogP contribution in [-0.4, -0.2) is 15.8 Å². The fraction of sp³-hybridized carbons (Fsp3) is 0.217. The van der Waals surface area contributed by atoms with Gasteiger partial charge >= 0.3 is 0 Å². The summed E-state index contributed by atoms with van der Waals surface area (Å²) in [5.74, 6) is 0. The second kappa shape index (κ2) is 21.6. The van der Waals surface area contributed by atoms with Crippen molar-refractivity contribution >= 4 is 123 Å². The molecule has 5 heterocycles. The van der Waals surface area contributed by atoms with Crippen LogP contribution in [-0.2, 0) is 27.1 Å². The number of fused-ring (bicyclic) bond motifs is 13. The average Bonchev–Trinajstić information content (AvgIpc) is 1.41. The molecule has 2 aliphatic heterocycles. The van der Waals surface area contributed by atoms with Crippen molar-refractivity contribution in [1.82, 2.24) is 9.13 Å². The topological polar surface area (TPSA) is 29.5 Å². The third-order valence-corrected chi connectivity index (χ3v) is 20.6. The van der Waals surface area contributed by atoms with Gasteiger partial charge in [0.25, 0.3) is 6.71 Å². The van der Waals surface area contributed by atoms with Crippen LogP contribution in [0.3, 0.4) is 0 Å². The van der Waals surface area contributed by atoms with E-state index in [2.05, 4.69) is 240 Å². The molecular formula is C92H85BN4O. The van der Waals surface area contributed by atoms with Crippen molar-refractivity contribution in [2.24, 2.45) is 0 Å². The van der Waals surface area contributed by atoms with Gasteiger partial charge in [-0.15, -0.1) is 0 Å². The van der Waals surface area contributed by atoms with Crippen LogP contribution in [0.4, 0.5) is 34.1 Å². The SMILES string of the molecule is [2H]c1c([2H])c([2H])c(-c2ccc3c(c2)N(c2ccc(C(C)(C)C)cc2-c2ccc(C(C)(C)C)cc2)c2cc(C(C)(C)C)cc4c2B3c2ccc(-n3c5c([2H])c([2H])c([2H])c([2H])c5c5c([2H])c([2H])c([2H])c([2H])c53)cc2N4c2cccc3c2oc2c(-n4c5ccc(C(C)(C)C)cc5c5cc(C(C)(C)C)ccc54)cccc23)c([2H])c1[2H]. The molecule has 5 nitrogen and oxygen atoms in total. The average molecular weight is 1290 g/mol. The minimum Gasteiger partial charge on any atom is -0.452 e. The number of anilines is 6. The van der Waals surface area contributed by atoms with Gasteiger partial charge in [-0.3, -0.25) is 0 Å². The largest absolute Gasteiger partial charge is 0.452 e. The molecule has 0 saturated heterocycles. The molecule has 17 rings (SSSR count). The maximum atomic E-state index is 9.75. The summed E-state index contributed by atoms with van der Waals surface area (Å²) in [6, 6.07) is 51.8. The molecule has 0 aliphatic carbocycles. The first-order chi connectivity index (χ1) is 52.2. The molecule has 12 aromatic carbocycles. The predicted octanol–water partition coefficient (Wildman–Crippen LogP) is 23.7. The summed E-state index contributed by atoms with van der Waals surface area (Å²) in [7, 11) is 0. The van der Waals surface area contributed by atoms with E-state index in [1.807, 2.05) is 42.5 Å². The minimum absolute atomic E-state index is 0.0237. The first-order valence-electron chi connectivity index (χ1n) is 40.6. The zero-order valence-corrected chi connectivity index (χ0v) is 58.4. The first-order valence-corrected chi connectivity index (χ1v) is 34.1. The molecule has 0 fully saturated rings. The van der Waals surface area contributed by atoms with Crippen LogP contribution >= 0.6 is 0 Å². The smallest absolute Gasteiger partial charge is 0.252 e. The fourth-order valence-electron chi connectivity index (χ4n) is 15.2. The predicted molar refractivity (Wildman–Crippen MR) is 421 cm³/mol. The molecule has 0 unspecified atom stereocenters. The van der Waals surface area contributed by atoms with Gasteiger partial charge in [-0.2, -0.15) is 0 Å². The van der Waals surface area contributed by atoms with E-state index in [-0.39, 0.29) is 61.1 Å². The van der Waals surface area contributed by atoms with Gasteiger partial charge in [-0.1, -0.05) is 255 Å². The summed E-state index contributed by atoms with van der Waals surface area (Å²) in [5.41, 5.74) is 18.0. The number of furan rings is 1. The Balaban J connectivity index is 1.02. The van der Waals surface area contributed by atoms with Crippen LogP contribution < -0.4 is 26.2 Å². The Morgan fingerprint density at radius 1 is 0.306 bits per heavy atom. The minimum atomic E-state index is -0.643. The molecule has 0 radical (unpaired) electrons. The van der Waals surface area contributed by atoms with E-state index in [1.165, 1.54) is 16.7 Å². The Labute approximate surface area is 596 Å². The van der Waals surface area contributed by atoms with Crippen molar-refractivity contribution in [3.05, 3.63) is 270 Å². The van der Waals surface area contributed by atoms with Crippen LogP contribution in [0, 0.1) is 0 Å². The number of nitrogens with zero attached hydrogens (tertiary/aromatic N) is 4. The summed E-state index contributed by atoms with van der Waals surface area (Å²) in [4.78, 5) is 4.55. The first kappa shape index (κ1) is 48.4. The lowest BCUT2D eigenvalue weighted by atomic mass is 9.33. The monoisotopic (exact) mass is 1290 g/mol. The van der Waals surface area contributed by atoms with Gasteiger partial charge in [0.2, 0.25) is 0 Å². The fourth-order valence-corrected chi connectivity index (χ4v) is 15.2. The number of hydrogen-bond donors (Lipinski definition) is 0. The lowest BCUT2D eigenvalue weighted by Gasteiger charge is -2.45. The van der Waals surface area contributed by atoms with Crippen LogP contribution in [0.2, 0.25) is 0 Å². The normalized spacial score (nSPS) is 15.5. The van der Waals surface area contributed by atoms with Gasteiger partial charge in [0, 0.05) is 66.3 Å². The molecule has 3 aromatic heterocycles. The Morgan fingerprint density at radius 2 is 0.776 bits per heavy atom. The summed E-state index contributed by atoms with van der Waals surface area (Å²) < 4.78 is 132. The van der Waals surface area contributed by atoms with Gasteiger partial charge in [0.1, 0.15) is 0 Å². The third-order valence-electron chi connectivity index (χ3n) is 20.6. The third kappa shape index (κ3) is 9.63. The van der Waals surface area contributed by atoms with Crippen LogP contribution in [0.1, 0.15) is 149 Å². The Kier molecular flexibility index (Phi) is 10.7. The quantitative estimate of drug-likeness (QED) is 0.155. The summed E-state index contributed by atoms with van der Waals surface area (Å²) >= 11 is 0. The molecular weight excluding hydrogens is 1190 g/mol. The standard InChI is InChI=1S/C92H85BN4O/c1-88(2,3)59-38-35-57(36-39-59)69-50-60(89(4,5)6)40-46-76(69)96-81-49-58(56-25-17-16-18-26-56)37-44-72(81)93-73-45-43-64(94-74-31-21-19-27-65(74)66-28-20-22-32-75(66)94)55-82(73)97(84-54-63(92(13,14)15)53-83(96)85(84)93)80-34-24-30-68-67-29-23-33-79(86(67)98-87(68)80)95-77-47-41-61(90(7,8)9)51-70(77)71-52-62(91(10,11)12)42-48-78(71)95/h16-55H,1-15H3/i16D,17D,18D,19D,20D,21D,22D,25D,26D,27D,28D,31D,32D. The zero-order chi connectivity index (χ0) is 79.2. The molecule has 482 valence electrons. The van der Waals surface area contributed by atoms with Crippen LogP contribution in [0.5, 0.6) is 0 Å². The van der Waals surface area contributed by atoms with E-state index in [4.69, 9.17) is 11.3 Å². The lowest BCUT2D eigenvalue weighted by molar-refractivity contribution is 0.589. The molecule has 98 heavy (non-hydrogen) atoms. The molecule has 0 amide bonds. The maximum Gasteiger partial charge on any atom is 0.252 e. The highest BCUT2D eigenvalue weighted by molar-refractivity contribution is 7.00. The van der Waals surface area contributed by atoms with Crippen molar-refractivity contribution in [2.75, 3.05) is 9.80 Å². The van der Waals surface area contributed by atoms with Crippen molar-refractivity contribution in [2.45, 2.75) is 131 Å². The molecule has 0 spiro atoms. The second-order valence-corrected chi connectivity index (χ2v) is 32.1. The molecule has 0 atom stereocenters. The van der Waals surface area contributed by atoms with Gasteiger partial charge in [-0.05, 0) is 179 Å². The highest BCUT2D eigenvalue weighted by Gasteiger charge is 2.46.